The van der Waals surface area contributed by atoms with Crippen LogP contribution in [0.4, 0.5) is 4.79 Å². The first-order chi connectivity index (χ1) is 13.4. The highest BCUT2D eigenvalue weighted by atomic mass is 16.6. The molecule has 0 unspecified atom stereocenters. The summed E-state index contributed by atoms with van der Waals surface area (Å²) in [6.07, 6.45) is 6.05. The topological polar surface area (TPSA) is 112 Å². The van der Waals surface area contributed by atoms with Crippen molar-refractivity contribution in [3.63, 3.8) is 0 Å². The van der Waals surface area contributed by atoms with Gasteiger partial charge in [-0.05, 0) is 61.8 Å². The molecule has 1 aromatic carbocycles. The van der Waals surface area contributed by atoms with Gasteiger partial charge in [-0.15, -0.1) is 0 Å². The Hall–Kier alpha value is -2.57. The zero-order chi connectivity index (χ0) is 19.7. The van der Waals surface area contributed by atoms with Crippen LogP contribution in [0.15, 0.2) is 30.3 Å². The molecule has 0 aliphatic heterocycles. The Labute approximate surface area is 164 Å². The minimum atomic E-state index is -1.08. The number of alkyl carbamates (subject to hydrolysis) is 1. The summed E-state index contributed by atoms with van der Waals surface area (Å²) < 4.78 is 5.80. The summed E-state index contributed by atoms with van der Waals surface area (Å²) in [5, 5.41) is 22.3. The molecule has 4 aliphatic carbocycles. The maximum Gasteiger partial charge on any atom is 0.414 e. The first-order valence-electron chi connectivity index (χ1n) is 10.0. The van der Waals surface area contributed by atoms with E-state index in [9.17, 15) is 14.7 Å². The predicted molar refractivity (Wildman–Crippen MR) is 103 cm³/mol. The maximum atomic E-state index is 12.4. The highest BCUT2D eigenvalue weighted by molar-refractivity contribution is 5.94. The van der Waals surface area contributed by atoms with E-state index in [4.69, 9.17) is 10.1 Å². The highest BCUT2D eigenvalue weighted by Crippen LogP contribution is 2.57. The Morgan fingerprint density at radius 2 is 1.68 bits per heavy atom. The predicted octanol–water partition coefficient (Wildman–Crippen LogP) is 2.90. The summed E-state index contributed by atoms with van der Waals surface area (Å²) in [6, 6.07) is 8.18. The van der Waals surface area contributed by atoms with E-state index < -0.39 is 23.7 Å². The number of rotatable bonds is 5. The van der Waals surface area contributed by atoms with Crippen molar-refractivity contribution in [1.29, 1.82) is 5.41 Å². The number of carboxylic acid groups (broad SMARTS) is 1. The SMILES string of the molecule is N=C(NC(=O)OC12CC3CC(CC(C3)C1)C2)N[C@@H](Cc1ccccc1)C(=O)O. The van der Waals surface area contributed by atoms with Gasteiger partial charge in [0.15, 0.2) is 5.96 Å². The fourth-order valence-electron chi connectivity index (χ4n) is 5.74. The third-order valence-electron chi connectivity index (χ3n) is 6.42. The molecule has 1 amide bonds. The van der Waals surface area contributed by atoms with E-state index in [1.165, 1.54) is 19.3 Å². The zero-order valence-corrected chi connectivity index (χ0v) is 15.8. The number of guanidine groups is 1. The summed E-state index contributed by atoms with van der Waals surface area (Å²) in [6.45, 7) is 0. The van der Waals surface area contributed by atoms with Crippen molar-refractivity contribution in [2.24, 2.45) is 17.8 Å². The lowest BCUT2D eigenvalue weighted by atomic mass is 9.54. The molecule has 1 aromatic rings. The second-order valence-electron chi connectivity index (χ2n) is 8.71. The minimum absolute atomic E-state index is 0.213. The van der Waals surface area contributed by atoms with Crippen molar-refractivity contribution in [2.75, 3.05) is 0 Å². The molecule has 0 aromatic heterocycles. The Morgan fingerprint density at radius 3 is 2.21 bits per heavy atom. The molecule has 4 aliphatic rings. The molecule has 5 rings (SSSR count). The van der Waals surface area contributed by atoms with Gasteiger partial charge < -0.3 is 15.2 Å². The lowest BCUT2D eigenvalue weighted by Gasteiger charge is -2.55. The van der Waals surface area contributed by atoms with E-state index in [0.717, 1.165) is 24.8 Å². The Balaban J connectivity index is 1.31. The highest BCUT2D eigenvalue weighted by Gasteiger charge is 2.53. The van der Waals surface area contributed by atoms with Gasteiger partial charge in [0, 0.05) is 6.42 Å². The fourth-order valence-corrected chi connectivity index (χ4v) is 5.74. The maximum absolute atomic E-state index is 12.4. The molecule has 0 radical (unpaired) electrons. The number of carboxylic acids is 1. The van der Waals surface area contributed by atoms with E-state index in [2.05, 4.69) is 10.6 Å². The molecule has 7 nitrogen and oxygen atoms in total. The van der Waals surface area contributed by atoms with Crippen molar-refractivity contribution in [1.82, 2.24) is 10.6 Å². The van der Waals surface area contributed by atoms with Gasteiger partial charge in [0.25, 0.3) is 0 Å². The molecule has 0 spiro atoms. The van der Waals surface area contributed by atoms with Crippen molar-refractivity contribution in [3.05, 3.63) is 35.9 Å². The van der Waals surface area contributed by atoms with Crippen LogP contribution in [0.2, 0.25) is 0 Å². The van der Waals surface area contributed by atoms with Crippen molar-refractivity contribution >= 4 is 18.0 Å². The van der Waals surface area contributed by atoms with Crippen molar-refractivity contribution < 1.29 is 19.4 Å². The van der Waals surface area contributed by atoms with Crippen LogP contribution in [-0.2, 0) is 16.0 Å². The largest absolute Gasteiger partial charge is 0.480 e. The van der Waals surface area contributed by atoms with Gasteiger partial charge >= 0.3 is 12.1 Å². The Bertz CT molecular complexity index is 729. The smallest absolute Gasteiger partial charge is 0.414 e. The van der Waals surface area contributed by atoms with Crippen molar-refractivity contribution in [2.45, 2.75) is 56.6 Å². The van der Waals surface area contributed by atoms with E-state index in [-0.39, 0.29) is 12.4 Å². The van der Waals surface area contributed by atoms with Crippen LogP contribution >= 0.6 is 0 Å². The summed E-state index contributed by atoms with van der Waals surface area (Å²) >= 11 is 0. The molecule has 4 bridgehead atoms. The fraction of sp³-hybridized carbons (Fsp3) is 0.571. The van der Waals surface area contributed by atoms with Gasteiger partial charge in [-0.1, -0.05) is 30.3 Å². The quantitative estimate of drug-likeness (QED) is 0.460. The van der Waals surface area contributed by atoms with Crippen LogP contribution in [0.1, 0.15) is 44.1 Å². The summed E-state index contributed by atoms with van der Waals surface area (Å²) in [4.78, 5) is 23.9. The number of hydrogen-bond acceptors (Lipinski definition) is 4. The standard InChI is InChI=1S/C21H27N3O4/c22-19(23-17(18(25)26)9-13-4-2-1-3-5-13)24-20(27)28-21-10-14-6-15(11-21)8-16(7-14)12-21/h1-5,14-17H,6-12H2,(H,25,26)(H3,22,23,24,27)/t14?,15?,16?,17-,21?/m0/s1. The van der Waals surface area contributed by atoms with Crippen LogP contribution in [0, 0.1) is 23.2 Å². The van der Waals surface area contributed by atoms with E-state index >= 15 is 0 Å². The van der Waals surface area contributed by atoms with Gasteiger partial charge in [0.05, 0.1) is 0 Å². The number of ether oxygens (including phenoxy) is 1. The van der Waals surface area contributed by atoms with Gasteiger partial charge in [-0.2, -0.15) is 0 Å². The van der Waals surface area contributed by atoms with Gasteiger partial charge in [0.1, 0.15) is 11.6 Å². The monoisotopic (exact) mass is 385 g/mol. The van der Waals surface area contributed by atoms with E-state index in [1.807, 2.05) is 30.3 Å². The van der Waals surface area contributed by atoms with Crippen LogP contribution in [-0.4, -0.2) is 34.8 Å². The molecule has 4 saturated carbocycles. The molecule has 150 valence electrons. The lowest BCUT2D eigenvalue weighted by Crippen LogP contribution is -2.55. The number of carbonyl (C=O) groups is 2. The number of nitrogens with one attached hydrogen (secondary N) is 3. The van der Waals surface area contributed by atoms with Gasteiger partial charge in [0.2, 0.25) is 0 Å². The van der Waals surface area contributed by atoms with Crippen molar-refractivity contribution in [3.8, 4) is 0 Å². The first-order valence-corrected chi connectivity index (χ1v) is 10.0. The van der Waals surface area contributed by atoms with Gasteiger partial charge in [-0.25, -0.2) is 9.59 Å². The summed E-state index contributed by atoms with van der Waals surface area (Å²) in [5.74, 6) is 0.527. The third kappa shape index (κ3) is 4.13. The molecule has 0 saturated heterocycles. The van der Waals surface area contributed by atoms with Crippen LogP contribution < -0.4 is 10.6 Å². The van der Waals surface area contributed by atoms with E-state index in [1.54, 1.807) is 0 Å². The number of amides is 1. The molecule has 7 heteroatoms. The lowest BCUT2D eigenvalue weighted by molar-refractivity contribution is -0.139. The molecule has 4 N–H and O–H groups in total. The van der Waals surface area contributed by atoms with E-state index in [0.29, 0.717) is 17.8 Å². The summed E-state index contributed by atoms with van der Waals surface area (Å²) in [7, 11) is 0. The third-order valence-corrected chi connectivity index (χ3v) is 6.42. The molecular formula is C21H27N3O4. The van der Waals surface area contributed by atoms with Crippen LogP contribution in [0.5, 0.6) is 0 Å². The minimum Gasteiger partial charge on any atom is -0.480 e. The molecule has 28 heavy (non-hydrogen) atoms. The Morgan fingerprint density at radius 1 is 1.11 bits per heavy atom. The number of carbonyl (C=O) groups excluding carboxylic acids is 1. The average molecular weight is 385 g/mol. The number of hydrogen-bond donors (Lipinski definition) is 4. The normalized spacial score (nSPS) is 31.1. The van der Waals surface area contributed by atoms with Gasteiger partial charge in [-0.3, -0.25) is 10.7 Å². The second kappa shape index (κ2) is 7.45. The molecular weight excluding hydrogens is 358 g/mol. The molecule has 4 fully saturated rings. The zero-order valence-electron chi connectivity index (χ0n) is 15.8. The summed E-state index contributed by atoms with van der Waals surface area (Å²) in [5.41, 5.74) is 0.446. The number of aliphatic carboxylic acids is 1. The number of benzene rings is 1. The average Bonchev–Trinajstić information content (AvgIpc) is 2.60. The first kappa shape index (κ1) is 18.8. The molecule has 1 atom stereocenters. The molecule has 0 heterocycles. The van der Waals surface area contributed by atoms with Crippen LogP contribution in [0.25, 0.3) is 0 Å². The second-order valence-corrected chi connectivity index (χ2v) is 8.71. The van der Waals surface area contributed by atoms with Crippen LogP contribution in [0.3, 0.4) is 0 Å². The Kier molecular flexibility index (Phi) is 5.00.